The van der Waals surface area contributed by atoms with Crippen LogP contribution in [0, 0.1) is 15.9 Å². The second-order valence-electron chi connectivity index (χ2n) is 5.97. The molecule has 1 saturated carbocycles. The minimum absolute atomic E-state index is 0.00244. The Balaban J connectivity index is 1.70. The number of carbonyl (C=O) groups is 1. The highest BCUT2D eigenvalue weighted by molar-refractivity contribution is 5.92. The fraction of sp³-hybridized carbons (Fsp3) is 0.211. The lowest BCUT2D eigenvalue weighted by molar-refractivity contribution is -0.384. The molecule has 0 spiro atoms. The molecule has 0 unspecified atom stereocenters. The molecule has 3 rings (SSSR count). The minimum Gasteiger partial charge on any atom is -0.332 e. The van der Waals surface area contributed by atoms with Crippen molar-refractivity contribution in [3.63, 3.8) is 0 Å². The van der Waals surface area contributed by atoms with Crippen molar-refractivity contribution < 1.29 is 14.1 Å². The largest absolute Gasteiger partial charge is 0.332 e. The highest BCUT2D eigenvalue weighted by Crippen LogP contribution is 2.29. The van der Waals surface area contributed by atoms with Crippen LogP contribution in [0.15, 0.2) is 54.6 Å². The van der Waals surface area contributed by atoms with E-state index >= 15 is 0 Å². The summed E-state index contributed by atoms with van der Waals surface area (Å²) >= 11 is 0. The third-order valence-electron chi connectivity index (χ3n) is 4.09. The van der Waals surface area contributed by atoms with Gasteiger partial charge >= 0.3 is 0 Å². The Morgan fingerprint density at radius 2 is 1.88 bits per heavy atom. The van der Waals surface area contributed by atoms with Crippen LogP contribution in [0.25, 0.3) is 6.08 Å². The molecule has 1 aliphatic carbocycles. The molecule has 2 aromatic carbocycles. The van der Waals surface area contributed by atoms with Gasteiger partial charge in [-0.2, -0.15) is 0 Å². The van der Waals surface area contributed by atoms with Gasteiger partial charge in [0.2, 0.25) is 5.91 Å². The van der Waals surface area contributed by atoms with Gasteiger partial charge in [0.25, 0.3) is 5.69 Å². The van der Waals surface area contributed by atoms with Gasteiger partial charge in [0.05, 0.1) is 4.92 Å². The third-order valence-corrected chi connectivity index (χ3v) is 4.09. The van der Waals surface area contributed by atoms with Crippen LogP contribution >= 0.6 is 0 Å². The van der Waals surface area contributed by atoms with E-state index in [1.165, 1.54) is 24.3 Å². The predicted octanol–water partition coefficient (Wildman–Crippen LogP) is 3.94. The number of benzene rings is 2. The smallest absolute Gasteiger partial charge is 0.269 e. The Hall–Kier alpha value is -3.02. The molecule has 0 heterocycles. The molecule has 0 aromatic heterocycles. The number of non-ortho nitro benzene ring substituents is 1. The Morgan fingerprint density at radius 1 is 1.20 bits per heavy atom. The van der Waals surface area contributed by atoms with Gasteiger partial charge in [-0.15, -0.1) is 0 Å². The molecule has 0 N–H and O–H groups in total. The third kappa shape index (κ3) is 4.29. The predicted molar refractivity (Wildman–Crippen MR) is 92.1 cm³/mol. The van der Waals surface area contributed by atoms with Gasteiger partial charge in [-0.3, -0.25) is 14.9 Å². The second-order valence-corrected chi connectivity index (χ2v) is 5.97. The van der Waals surface area contributed by atoms with Crippen molar-refractivity contribution in [1.29, 1.82) is 0 Å². The Bertz CT molecular complexity index is 814. The summed E-state index contributed by atoms with van der Waals surface area (Å²) in [5.41, 5.74) is 1.19. The molecular formula is C19H17FN2O3. The standard InChI is InChI=1S/C19H17FN2O3/c20-18-4-2-1-3-15(18)13-21(16-10-11-16)19(23)12-7-14-5-8-17(9-6-14)22(24)25/h1-9,12,16H,10-11,13H2. The van der Waals surface area contributed by atoms with Crippen molar-refractivity contribution in [3.05, 3.63) is 81.7 Å². The summed E-state index contributed by atoms with van der Waals surface area (Å²) in [6.45, 7) is 0.237. The van der Waals surface area contributed by atoms with Crippen LogP contribution < -0.4 is 0 Å². The molecule has 0 aliphatic heterocycles. The van der Waals surface area contributed by atoms with E-state index in [0.29, 0.717) is 11.1 Å². The maximum Gasteiger partial charge on any atom is 0.269 e. The molecule has 25 heavy (non-hydrogen) atoms. The Kier molecular flexibility index (Phi) is 4.88. The van der Waals surface area contributed by atoms with E-state index in [-0.39, 0.29) is 30.0 Å². The summed E-state index contributed by atoms with van der Waals surface area (Å²) in [7, 11) is 0. The zero-order valence-corrected chi connectivity index (χ0v) is 13.5. The van der Waals surface area contributed by atoms with E-state index in [4.69, 9.17) is 0 Å². The zero-order chi connectivity index (χ0) is 17.8. The van der Waals surface area contributed by atoms with Gasteiger partial charge in [-0.1, -0.05) is 18.2 Å². The van der Waals surface area contributed by atoms with Crippen LogP contribution in [0.2, 0.25) is 0 Å². The summed E-state index contributed by atoms with van der Waals surface area (Å²) < 4.78 is 13.8. The van der Waals surface area contributed by atoms with Gasteiger partial charge in [0.15, 0.2) is 0 Å². The number of rotatable bonds is 6. The highest BCUT2D eigenvalue weighted by atomic mass is 19.1. The summed E-state index contributed by atoms with van der Waals surface area (Å²) in [6, 6.07) is 12.5. The Labute approximate surface area is 144 Å². The minimum atomic E-state index is -0.470. The van der Waals surface area contributed by atoms with Crippen molar-refractivity contribution in [3.8, 4) is 0 Å². The molecule has 0 atom stereocenters. The number of nitrogens with zero attached hydrogens (tertiary/aromatic N) is 2. The van der Waals surface area contributed by atoms with E-state index < -0.39 is 4.92 Å². The number of carbonyl (C=O) groups excluding carboxylic acids is 1. The second kappa shape index (κ2) is 7.25. The van der Waals surface area contributed by atoms with Crippen molar-refractivity contribution in [2.24, 2.45) is 0 Å². The molecule has 0 bridgehead atoms. The lowest BCUT2D eigenvalue weighted by Crippen LogP contribution is -2.31. The van der Waals surface area contributed by atoms with Crippen LogP contribution in [0.1, 0.15) is 24.0 Å². The van der Waals surface area contributed by atoms with Crippen LogP contribution in [0.3, 0.4) is 0 Å². The summed E-state index contributed by atoms with van der Waals surface area (Å²) in [6.07, 6.45) is 4.89. The average molecular weight is 340 g/mol. The van der Waals surface area contributed by atoms with E-state index in [1.807, 2.05) is 0 Å². The molecule has 5 nitrogen and oxygen atoms in total. The molecule has 2 aromatic rings. The lowest BCUT2D eigenvalue weighted by atomic mass is 10.1. The van der Waals surface area contributed by atoms with Crippen molar-refractivity contribution in [1.82, 2.24) is 4.90 Å². The van der Waals surface area contributed by atoms with Crippen LogP contribution in [-0.2, 0) is 11.3 Å². The molecule has 0 radical (unpaired) electrons. The lowest BCUT2D eigenvalue weighted by Gasteiger charge is -2.21. The van der Waals surface area contributed by atoms with Crippen molar-refractivity contribution in [2.45, 2.75) is 25.4 Å². The normalized spacial score (nSPS) is 13.8. The summed E-state index contributed by atoms with van der Waals surface area (Å²) in [4.78, 5) is 24.3. The van der Waals surface area contributed by atoms with Gasteiger partial charge in [0.1, 0.15) is 5.82 Å². The van der Waals surface area contributed by atoms with E-state index in [2.05, 4.69) is 0 Å². The van der Waals surface area contributed by atoms with Crippen LogP contribution in [-0.4, -0.2) is 21.8 Å². The van der Waals surface area contributed by atoms with Crippen LogP contribution in [0.4, 0.5) is 10.1 Å². The first-order valence-corrected chi connectivity index (χ1v) is 8.01. The monoisotopic (exact) mass is 340 g/mol. The number of hydrogen-bond acceptors (Lipinski definition) is 3. The van der Waals surface area contributed by atoms with E-state index in [1.54, 1.807) is 41.3 Å². The molecule has 6 heteroatoms. The molecule has 1 fully saturated rings. The molecule has 1 aliphatic rings. The number of nitro benzene ring substituents is 1. The average Bonchev–Trinajstić information content (AvgIpc) is 3.44. The van der Waals surface area contributed by atoms with Crippen molar-refractivity contribution >= 4 is 17.7 Å². The van der Waals surface area contributed by atoms with Gasteiger partial charge in [-0.25, -0.2) is 4.39 Å². The molecule has 1 amide bonds. The zero-order valence-electron chi connectivity index (χ0n) is 13.5. The number of nitro groups is 1. The van der Waals surface area contributed by atoms with Gasteiger partial charge in [0, 0.05) is 36.4 Å². The molecular weight excluding hydrogens is 323 g/mol. The summed E-state index contributed by atoms with van der Waals surface area (Å²) in [5, 5.41) is 10.6. The first kappa shape index (κ1) is 16.8. The summed E-state index contributed by atoms with van der Waals surface area (Å²) in [5.74, 6) is -0.510. The highest BCUT2D eigenvalue weighted by Gasteiger charge is 2.31. The SMILES string of the molecule is O=C(C=Cc1ccc([N+](=O)[O-])cc1)N(Cc1ccccc1F)C1CC1. The first-order valence-electron chi connectivity index (χ1n) is 8.01. The number of amides is 1. The fourth-order valence-corrected chi connectivity index (χ4v) is 2.55. The molecule has 0 saturated heterocycles. The maximum absolute atomic E-state index is 13.8. The first-order chi connectivity index (χ1) is 12.0. The van der Waals surface area contributed by atoms with Crippen LogP contribution in [0.5, 0.6) is 0 Å². The topological polar surface area (TPSA) is 63.4 Å². The van der Waals surface area contributed by atoms with E-state index in [0.717, 1.165) is 12.8 Å². The molecule has 128 valence electrons. The van der Waals surface area contributed by atoms with E-state index in [9.17, 15) is 19.3 Å². The Morgan fingerprint density at radius 3 is 2.48 bits per heavy atom. The van der Waals surface area contributed by atoms with Gasteiger partial charge < -0.3 is 4.90 Å². The number of hydrogen-bond donors (Lipinski definition) is 0. The quantitative estimate of drug-likeness (QED) is 0.454. The number of halogens is 1. The van der Waals surface area contributed by atoms with Gasteiger partial charge in [-0.05, 0) is 42.7 Å². The fourth-order valence-electron chi connectivity index (χ4n) is 2.55. The maximum atomic E-state index is 13.8. The van der Waals surface area contributed by atoms with Crippen molar-refractivity contribution in [2.75, 3.05) is 0 Å².